The van der Waals surface area contributed by atoms with E-state index in [-0.39, 0.29) is 11.9 Å². The third kappa shape index (κ3) is 5.71. The molecule has 6 nitrogen and oxygen atoms in total. The van der Waals surface area contributed by atoms with Gasteiger partial charge in [0.2, 0.25) is 0 Å². The Morgan fingerprint density at radius 3 is 2.09 bits per heavy atom. The van der Waals surface area contributed by atoms with Crippen LogP contribution in [0.25, 0.3) is 10.2 Å². The zero-order valence-electron chi connectivity index (χ0n) is 18.2. The van der Waals surface area contributed by atoms with Gasteiger partial charge in [-0.05, 0) is 53.6 Å². The fourth-order valence-electron chi connectivity index (χ4n) is 3.16. The molecule has 0 aliphatic carbocycles. The number of ether oxygens (including phenoxy) is 2. The van der Waals surface area contributed by atoms with Gasteiger partial charge in [-0.2, -0.15) is 0 Å². The van der Waals surface area contributed by atoms with E-state index in [9.17, 15) is 9.59 Å². The van der Waals surface area contributed by atoms with E-state index in [0.717, 1.165) is 37.1 Å². The molecule has 0 amide bonds. The van der Waals surface area contributed by atoms with Gasteiger partial charge >= 0.3 is 11.9 Å². The van der Waals surface area contributed by atoms with Gasteiger partial charge in [0.05, 0.1) is 35.6 Å². The van der Waals surface area contributed by atoms with Crippen LogP contribution >= 0.6 is 23.1 Å². The molecule has 3 aromatic carbocycles. The Kier molecular flexibility index (Phi) is 7.26. The molecule has 0 aliphatic heterocycles. The summed E-state index contributed by atoms with van der Waals surface area (Å²) in [4.78, 5) is 27.8. The predicted molar refractivity (Wildman–Crippen MR) is 132 cm³/mol. The van der Waals surface area contributed by atoms with E-state index in [1.165, 1.54) is 14.2 Å². The molecule has 1 aromatic heterocycles. The van der Waals surface area contributed by atoms with Crippen molar-refractivity contribution in [3.8, 4) is 0 Å². The van der Waals surface area contributed by atoms with Crippen LogP contribution in [0, 0.1) is 0 Å². The molecule has 0 saturated carbocycles. The third-order valence-corrected chi connectivity index (χ3v) is 7.21. The number of hydrogen-bond acceptors (Lipinski definition) is 8. The second-order valence-corrected chi connectivity index (χ2v) is 9.43. The molecule has 0 fully saturated rings. The second kappa shape index (κ2) is 10.5. The number of nitrogens with zero attached hydrogens (tertiary/aromatic N) is 1. The molecule has 4 rings (SSSR count). The van der Waals surface area contributed by atoms with Gasteiger partial charge in [-0.1, -0.05) is 36.0 Å². The Bertz CT molecular complexity index is 1210. The molecule has 0 radical (unpaired) electrons. The fraction of sp³-hybridized carbons (Fsp3) is 0.160. The van der Waals surface area contributed by atoms with Gasteiger partial charge in [0.15, 0.2) is 4.34 Å². The summed E-state index contributed by atoms with van der Waals surface area (Å²) in [7, 11) is 2.75. The summed E-state index contributed by atoms with van der Waals surface area (Å²) in [6, 6.07) is 20.9. The topological polar surface area (TPSA) is 77.5 Å². The van der Waals surface area contributed by atoms with Gasteiger partial charge in [-0.25, -0.2) is 14.6 Å². The average molecular weight is 479 g/mol. The van der Waals surface area contributed by atoms with Crippen LogP contribution in [0.15, 0.2) is 71.1 Å². The first-order valence-corrected chi connectivity index (χ1v) is 12.0. The van der Waals surface area contributed by atoms with E-state index in [2.05, 4.69) is 11.4 Å². The minimum Gasteiger partial charge on any atom is -0.465 e. The van der Waals surface area contributed by atoms with Crippen molar-refractivity contribution in [2.45, 2.75) is 16.6 Å². The predicted octanol–water partition coefficient (Wildman–Crippen LogP) is 5.77. The lowest BCUT2D eigenvalue weighted by atomic mass is 10.1. The minimum atomic E-state index is -0.336. The Hall–Kier alpha value is -3.36. The molecule has 0 unspecified atom stereocenters. The van der Waals surface area contributed by atoms with E-state index in [1.807, 2.05) is 36.4 Å². The maximum absolute atomic E-state index is 11.5. The number of carbonyl (C=O) groups excluding carboxylic acids is 2. The van der Waals surface area contributed by atoms with Gasteiger partial charge in [0.1, 0.15) is 0 Å². The molecule has 8 heteroatoms. The first kappa shape index (κ1) is 22.8. The molecule has 4 aromatic rings. The highest BCUT2D eigenvalue weighted by atomic mass is 32.2. The number of fused-ring (bicyclic) bond motifs is 1. The lowest BCUT2D eigenvalue weighted by Gasteiger charge is -2.07. The van der Waals surface area contributed by atoms with Crippen molar-refractivity contribution in [1.82, 2.24) is 4.98 Å². The summed E-state index contributed by atoms with van der Waals surface area (Å²) >= 11 is 3.33. The number of thiazole rings is 1. The van der Waals surface area contributed by atoms with E-state index < -0.39 is 0 Å². The van der Waals surface area contributed by atoms with Gasteiger partial charge in [-0.3, -0.25) is 0 Å². The van der Waals surface area contributed by atoms with Crippen LogP contribution in [0.4, 0.5) is 5.69 Å². The maximum Gasteiger partial charge on any atom is 0.337 e. The smallest absolute Gasteiger partial charge is 0.337 e. The number of benzene rings is 3. The highest BCUT2D eigenvalue weighted by Crippen LogP contribution is 2.33. The Morgan fingerprint density at radius 2 is 1.48 bits per heavy atom. The Balaban J connectivity index is 1.36. The number of carbonyl (C=O) groups is 2. The van der Waals surface area contributed by atoms with E-state index in [4.69, 9.17) is 14.5 Å². The minimum absolute atomic E-state index is 0.331. The quantitative estimate of drug-likeness (QED) is 0.254. The van der Waals surface area contributed by atoms with Crippen molar-refractivity contribution in [3.63, 3.8) is 0 Å². The van der Waals surface area contributed by atoms with Crippen molar-refractivity contribution >= 4 is 50.9 Å². The van der Waals surface area contributed by atoms with Crippen molar-refractivity contribution in [2.24, 2.45) is 0 Å². The largest absolute Gasteiger partial charge is 0.465 e. The summed E-state index contributed by atoms with van der Waals surface area (Å²) in [5.74, 6) is 0.105. The number of hydrogen-bond donors (Lipinski definition) is 1. The molecule has 0 spiro atoms. The molecule has 33 heavy (non-hydrogen) atoms. The SMILES string of the molecule is COC(=O)c1ccc(CNc2ccc3nc(SCc4ccc(C(=O)OC)cc4)sc3c2)cc1. The standard InChI is InChI=1S/C25H22N2O4S2/c1-30-23(28)18-7-3-16(4-8-18)14-26-20-11-12-21-22(13-20)33-25(27-21)32-15-17-5-9-19(10-6-17)24(29)31-2/h3-13,26H,14-15H2,1-2H3. The van der Waals surface area contributed by atoms with Crippen molar-refractivity contribution in [3.05, 3.63) is 89.0 Å². The van der Waals surface area contributed by atoms with Crippen LogP contribution in [0.3, 0.4) is 0 Å². The van der Waals surface area contributed by atoms with Gasteiger partial charge in [0, 0.05) is 18.0 Å². The summed E-state index contributed by atoms with van der Waals surface area (Å²) in [5, 5.41) is 3.42. The number of aromatic nitrogens is 1. The van der Waals surface area contributed by atoms with E-state index in [0.29, 0.717) is 17.7 Å². The lowest BCUT2D eigenvalue weighted by Crippen LogP contribution is -2.03. The highest BCUT2D eigenvalue weighted by Gasteiger charge is 2.08. The molecule has 0 atom stereocenters. The fourth-order valence-corrected chi connectivity index (χ4v) is 5.22. The maximum atomic E-state index is 11.5. The average Bonchev–Trinajstić information content (AvgIpc) is 3.28. The van der Waals surface area contributed by atoms with Crippen LogP contribution in [0.1, 0.15) is 31.8 Å². The van der Waals surface area contributed by atoms with Gasteiger partial charge in [-0.15, -0.1) is 11.3 Å². The van der Waals surface area contributed by atoms with Gasteiger partial charge < -0.3 is 14.8 Å². The van der Waals surface area contributed by atoms with Crippen LogP contribution in [-0.4, -0.2) is 31.1 Å². The third-order valence-electron chi connectivity index (χ3n) is 4.98. The lowest BCUT2D eigenvalue weighted by molar-refractivity contribution is 0.0592. The molecule has 0 bridgehead atoms. The van der Waals surface area contributed by atoms with Crippen LogP contribution in [0.5, 0.6) is 0 Å². The zero-order chi connectivity index (χ0) is 23.2. The monoisotopic (exact) mass is 478 g/mol. The Morgan fingerprint density at radius 1 is 0.879 bits per heavy atom. The van der Waals surface area contributed by atoms with Crippen molar-refractivity contribution in [1.29, 1.82) is 0 Å². The van der Waals surface area contributed by atoms with Gasteiger partial charge in [0.25, 0.3) is 0 Å². The number of nitrogens with one attached hydrogen (secondary N) is 1. The number of rotatable bonds is 8. The van der Waals surface area contributed by atoms with Crippen molar-refractivity contribution in [2.75, 3.05) is 19.5 Å². The number of anilines is 1. The number of methoxy groups -OCH3 is 2. The molecule has 1 heterocycles. The summed E-state index contributed by atoms with van der Waals surface area (Å²) in [6.07, 6.45) is 0. The van der Waals surface area contributed by atoms with Crippen LogP contribution < -0.4 is 5.32 Å². The highest BCUT2D eigenvalue weighted by molar-refractivity contribution is 8.00. The molecule has 168 valence electrons. The van der Waals surface area contributed by atoms with Crippen LogP contribution in [0.2, 0.25) is 0 Å². The normalized spacial score (nSPS) is 10.7. The van der Waals surface area contributed by atoms with E-state index >= 15 is 0 Å². The number of thioether (sulfide) groups is 1. The zero-order valence-corrected chi connectivity index (χ0v) is 19.8. The summed E-state index contributed by atoms with van der Waals surface area (Å²) in [5.41, 5.74) is 5.26. The summed E-state index contributed by atoms with van der Waals surface area (Å²) in [6.45, 7) is 0.648. The Labute approximate surface area is 200 Å². The van der Waals surface area contributed by atoms with E-state index in [1.54, 1.807) is 47.4 Å². The molecule has 0 saturated heterocycles. The van der Waals surface area contributed by atoms with Crippen molar-refractivity contribution < 1.29 is 19.1 Å². The molecule has 0 aliphatic rings. The second-order valence-electron chi connectivity index (χ2n) is 7.18. The molecular formula is C25H22N2O4S2. The number of esters is 2. The first-order valence-electron chi connectivity index (χ1n) is 10.2. The first-order chi connectivity index (χ1) is 16.1. The van der Waals surface area contributed by atoms with Crippen LogP contribution in [-0.2, 0) is 21.8 Å². The molecular weight excluding hydrogens is 456 g/mol. The molecule has 1 N–H and O–H groups in total. The summed E-state index contributed by atoms with van der Waals surface area (Å²) < 4.78 is 11.6.